The van der Waals surface area contributed by atoms with E-state index in [1.165, 1.54) is 20.7 Å². The fourth-order valence-corrected chi connectivity index (χ4v) is 6.42. The molecule has 1 aromatic carbocycles. The second kappa shape index (κ2) is 10.2. The van der Waals surface area contributed by atoms with E-state index in [4.69, 9.17) is 5.84 Å². The fourth-order valence-electron chi connectivity index (χ4n) is 4.19. The molecule has 1 fully saturated rings. The SMILES string of the molecule is CCN(CC)S(=O)(=O)c1cccc(-c2nnc(SCC(=O)N3[C@H](C)CCC[C@@H]3C)n2N)c1. The third-order valence-electron chi connectivity index (χ3n) is 5.91. The summed E-state index contributed by atoms with van der Waals surface area (Å²) >= 11 is 1.24. The highest BCUT2D eigenvalue weighted by Crippen LogP contribution is 2.27. The van der Waals surface area contributed by atoms with Gasteiger partial charge in [-0.05, 0) is 45.2 Å². The minimum absolute atomic E-state index is 0.0616. The molecular formula is C21H32N6O3S2. The zero-order chi connectivity index (χ0) is 23.5. The molecule has 0 spiro atoms. The summed E-state index contributed by atoms with van der Waals surface area (Å²) in [5.74, 6) is 6.84. The smallest absolute Gasteiger partial charge is 0.243 e. The van der Waals surface area contributed by atoms with Gasteiger partial charge in [-0.15, -0.1) is 10.2 Å². The highest BCUT2D eigenvalue weighted by molar-refractivity contribution is 7.99. The number of thioether (sulfide) groups is 1. The summed E-state index contributed by atoms with van der Waals surface area (Å²) in [5, 5.41) is 8.68. The van der Waals surface area contributed by atoms with Gasteiger partial charge >= 0.3 is 0 Å². The molecule has 0 radical (unpaired) electrons. The molecule has 1 aliphatic rings. The van der Waals surface area contributed by atoms with Gasteiger partial charge in [-0.3, -0.25) is 4.79 Å². The van der Waals surface area contributed by atoms with E-state index in [9.17, 15) is 13.2 Å². The summed E-state index contributed by atoms with van der Waals surface area (Å²) in [6.45, 7) is 8.55. The number of carbonyl (C=O) groups is 1. The van der Waals surface area contributed by atoms with Crippen LogP contribution in [0.3, 0.4) is 0 Å². The third kappa shape index (κ3) is 4.94. The lowest BCUT2D eigenvalue weighted by Gasteiger charge is -2.39. The van der Waals surface area contributed by atoms with E-state index in [1.807, 2.05) is 4.90 Å². The van der Waals surface area contributed by atoms with Crippen LogP contribution in [0.1, 0.15) is 47.0 Å². The number of sulfonamides is 1. The number of aromatic nitrogens is 3. The Bertz CT molecular complexity index is 1040. The molecule has 2 atom stereocenters. The lowest BCUT2D eigenvalue weighted by Crippen LogP contribution is -2.48. The van der Waals surface area contributed by atoms with Crippen LogP contribution in [0.25, 0.3) is 11.4 Å². The van der Waals surface area contributed by atoms with Crippen LogP contribution in [0, 0.1) is 0 Å². The highest BCUT2D eigenvalue weighted by Gasteiger charge is 2.29. The van der Waals surface area contributed by atoms with E-state index in [1.54, 1.807) is 38.1 Å². The second-order valence-corrected chi connectivity index (χ2v) is 10.9. The third-order valence-corrected chi connectivity index (χ3v) is 8.88. The van der Waals surface area contributed by atoms with Gasteiger partial charge in [-0.25, -0.2) is 13.1 Å². The van der Waals surface area contributed by atoms with E-state index in [0.717, 1.165) is 19.3 Å². The summed E-state index contributed by atoms with van der Waals surface area (Å²) in [6, 6.07) is 6.98. The van der Waals surface area contributed by atoms with Gasteiger partial charge in [0, 0.05) is 30.7 Å². The summed E-state index contributed by atoms with van der Waals surface area (Å²) in [7, 11) is -3.60. The molecule has 0 aliphatic carbocycles. The summed E-state index contributed by atoms with van der Waals surface area (Å²) in [4.78, 5) is 14.9. The van der Waals surface area contributed by atoms with E-state index >= 15 is 0 Å². The second-order valence-electron chi connectivity index (χ2n) is 8.01. The van der Waals surface area contributed by atoms with Gasteiger partial charge in [-0.2, -0.15) is 4.31 Å². The number of piperidine rings is 1. The van der Waals surface area contributed by atoms with Gasteiger partial charge in [0.25, 0.3) is 0 Å². The summed E-state index contributed by atoms with van der Waals surface area (Å²) in [5.41, 5.74) is 0.546. The zero-order valence-corrected chi connectivity index (χ0v) is 20.7. The molecule has 1 aromatic heterocycles. The molecule has 1 aliphatic heterocycles. The Morgan fingerprint density at radius 2 is 1.84 bits per heavy atom. The zero-order valence-electron chi connectivity index (χ0n) is 19.1. The number of likely N-dealkylation sites (tertiary alicyclic amines) is 1. The average Bonchev–Trinajstić information content (AvgIpc) is 3.13. The number of rotatable bonds is 8. The average molecular weight is 481 g/mol. The van der Waals surface area contributed by atoms with Crippen molar-refractivity contribution >= 4 is 27.7 Å². The van der Waals surface area contributed by atoms with Crippen LogP contribution in [0.4, 0.5) is 0 Å². The molecule has 9 nitrogen and oxygen atoms in total. The van der Waals surface area contributed by atoms with Crippen molar-refractivity contribution in [1.82, 2.24) is 24.1 Å². The molecule has 32 heavy (non-hydrogen) atoms. The lowest BCUT2D eigenvalue weighted by molar-refractivity contribution is -0.134. The quantitative estimate of drug-likeness (QED) is 0.456. The van der Waals surface area contributed by atoms with Crippen molar-refractivity contribution in [2.45, 2.75) is 69.1 Å². The van der Waals surface area contributed by atoms with Crippen LogP contribution in [-0.4, -0.2) is 69.3 Å². The first-order valence-electron chi connectivity index (χ1n) is 11.0. The van der Waals surface area contributed by atoms with E-state index < -0.39 is 10.0 Å². The number of amides is 1. The van der Waals surface area contributed by atoms with Crippen molar-refractivity contribution in [3.8, 4) is 11.4 Å². The van der Waals surface area contributed by atoms with Gasteiger partial charge in [0.2, 0.25) is 21.1 Å². The maximum Gasteiger partial charge on any atom is 0.243 e. The van der Waals surface area contributed by atoms with Crippen LogP contribution in [-0.2, 0) is 14.8 Å². The Balaban J connectivity index is 1.77. The van der Waals surface area contributed by atoms with Gasteiger partial charge < -0.3 is 10.7 Å². The van der Waals surface area contributed by atoms with Crippen molar-refractivity contribution in [2.24, 2.45) is 0 Å². The molecular weight excluding hydrogens is 448 g/mol. The minimum atomic E-state index is -3.60. The number of benzene rings is 1. The number of nitrogens with zero attached hydrogens (tertiary/aromatic N) is 5. The maximum absolute atomic E-state index is 12.9. The number of carbonyl (C=O) groups excluding carboxylic acids is 1. The topological polar surface area (TPSA) is 114 Å². The van der Waals surface area contributed by atoms with Crippen LogP contribution < -0.4 is 5.84 Å². The molecule has 176 valence electrons. The highest BCUT2D eigenvalue weighted by atomic mass is 32.2. The Labute approximate surface area is 194 Å². The summed E-state index contributed by atoms with van der Waals surface area (Å²) in [6.07, 6.45) is 3.18. The van der Waals surface area contributed by atoms with Crippen molar-refractivity contribution < 1.29 is 13.2 Å². The first-order valence-corrected chi connectivity index (χ1v) is 13.4. The van der Waals surface area contributed by atoms with Gasteiger partial charge in [-0.1, -0.05) is 37.7 Å². The first kappa shape index (κ1) is 24.5. The monoisotopic (exact) mass is 480 g/mol. The lowest BCUT2D eigenvalue weighted by atomic mass is 9.98. The molecule has 2 N–H and O–H groups in total. The Kier molecular flexibility index (Phi) is 7.84. The molecule has 1 amide bonds. The molecule has 2 heterocycles. The Hall–Kier alpha value is -2.11. The maximum atomic E-state index is 12.9. The number of nitrogen functional groups attached to an aromatic ring is 1. The van der Waals surface area contributed by atoms with Gasteiger partial charge in [0.05, 0.1) is 10.6 Å². The normalized spacial score (nSPS) is 19.5. The van der Waals surface area contributed by atoms with Crippen LogP contribution in [0.2, 0.25) is 0 Å². The van der Waals surface area contributed by atoms with Crippen LogP contribution in [0.15, 0.2) is 34.3 Å². The minimum Gasteiger partial charge on any atom is -0.337 e. The molecule has 0 bridgehead atoms. The van der Waals surface area contributed by atoms with E-state index in [2.05, 4.69) is 24.0 Å². The van der Waals surface area contributed by atoms with Crippen molar-refractivity contribution in [2.75, 3.05) is 24.7 Å². The van der Waals surface area contributed by atoms with Crippen molar-refractivity contribution in [1.29, 1.82) is 0 Å². The largest absolute Gasteiger partial charge is 0.337 e. The Morgan fingerprint density at radius 1 is 1.19 bits per heavy atom. The molecule has 2 aromatic rings. The molecule has 0 unspecified atom stereocenters. The van der Waals surface area contributed by atoms with Gasteiger partial charge in [0.15, 0.2) is 5.82 Å². The molecule has 0 saturated carbocycles. The fraction of sp³-hybridized carbons (Fsp3) is 0.571. The number of hydrogen-bond donors (Lipinski definition) is 1. The van der Waals surface area contributed by atoms with Crippen LogP contribution in [0.5, 0.6) is 0 Å². The van der Waals surface area contributed by atoms with Crippen molar-refractivity contribution in [3.63, 3.8) is 0 Å². The molecule has 11 heteroatoms. The van der Waals surface area contributed by atoms with E-state index in [0.29, 0.717) is 29.6 Å². The number of nitrogens with two attached hydrogens (primary N) is 1. The standard InChI is InChI=1S/C21H32N6O3S2/c1-5-25(6-2)32(29,30)18-12-8-11-17(13-18)20-23-24-21(27(20)22)31-14-19(28)26-15(3)9-7-10-16(26)4/h8,11-13,15-16H,5-7,9-10,14,22H2,1-4H3/t15-,16+. The predicted molar refractivity (Wildman–Crippen MR) is 126 cm³/mol. The van der Waals surface area contributed by atoms with Crippen LogP contribution >= 0.6 is 11.8 Å². The number of hydrogen-bond acceptors (Lipinski definition) is 7. The predicted octanol–water partition coefficient (Wildman–Crippen LogP) is 2.57. The first-order chi connectivity index (χ1) is 15.2. The van der Waals surface area contributed by atoms with Gasteiger partial charge in [0.1, 0.15) is 0 Å². The van der Waals surface area contributed by atoms with Crippen molar-refractivity contribution in [3.05, 3.63) is 24.3 Å². The summed E-state index contributed by atoms with van der Waals surface area (Å²) < 4.78 is 28.4. The molecule has 3 rings (SSSR count). The van der Waals surface area contributed by atoms with E-state index in [-0.39, 0.29) is 28.6 Å². The Morgan fingerprint density at radius 3 is 2.47 bits per heavy atom. The molecule has 1 saturated heterocycles.